The predicted molar refractivity (Wildman–Crippen MR) is 109 cm³/mol. The highest BCUT2D eigenvalue weighted by Crippen LogP contribution is 2.27. The summed E-state index contributed by atoms with van der Waals surface area (Å²) in [7, 11) is 0. The van der Waals surface area contributed by atoms with E-state index in [4.69, 9.17) is 0 Å². The summed E-state index contributed by atoms with van der Waals surface area (Å²) in [6, 6.07) is 9.48. The molecule has 1 saturated heterocycles. The van der Waals surface area contributed by atoms with E-state index in [0.717, 1.165) is 23.3 Å². The molecule has 1 amide bonds. The molecular formula is C21H22N4O2S. The van der Waals surface area contributed by atoms with Crippen LogP contribution in [0.15, 0.2) is 47.6 Å². The molecule has 3 heterocycles. The molecule has 0 N–H and O–H groups in total. The molecule has 0 spiro atoms. The van der Waals surface area contributed by atoms with E-state index in [1.165, 1.54) is 0 Å². The second-order valence-corrected chi connectivity index (χ2v) is 7.84. The number of carbonyl (C=O) groups is 2. The standard InChI is InChI=1S/C21H22N4O2S/c1-14-18(25-12-6-10-22-21(25)23-14)20(27)24-11-5-7-15(13-24)19(26)16-8-3-4-9-17(16)28-2/h3-4,6,8-10,12,15H,5,7,11,13H2,1-2H3. The highest BCUT2D eigenvalue weighted by Gasteiger charge is 2.32. The van der Waals surface area contributed by atoms with Crippen molar-refractivity contribution in [1.29, 1.82) is 0 Å². The van der Waals surface area contributed by atoms with E-state index in [0.29, 0.717) is 30.3 Å². The highest BCUT2D eigenvalue weighted by atomic mass is 32.2. The lowest BCUT2D eigenvalue weighted by atomic mass is 9.89. The van der Waals surface area contributed by atoms with Gasteiger partial charge in [-0.25, -0.2) is 9.97 Å². The Morgan fingerprint density at radius 3 is 2.86 bits per heavy atom. The third-order valence-corrected chi connectivity index (χ3v) is 6.03. The Bertz CT molecular complexity index is 1050. The molecule has 1 unspecified atom stereocenters. The monoisotopic (exact) mass is 394 g/mol. The Hall–Kier alpha value is -2.67. The van der Waals surface area contributed by atoms with Crippen LogP contribution in [0.2, 0.25) is 0 Å². The van der Waals surface area contributed by atoms with Gasteiger partial charge >= 0.3 is 0 Å². The van der Waals surface area contributed by atoms with E-state index >= 15 is 0 Å². The number of ketones is 1. The maximum absolute atomic E-state index is 13.2. The lowest BCUT2D eigenvalue weighted by Gasteiger charge is -2.32. The molecule has 1 aromatic carbocycles. The molecule has 144 valence electrons. The van der Waals surface area contributed by atoms with Gasteiger partial charge in [-0.3, -0.25) is 14.0 Å². The summed E-state index contributed by atoms with van der Waals surface area (Å²) in [6.07, 6.45) is 7.06. The zero-order chi connectivity index (χ0) is 19.7. The van der Waals surface area contributed by atoms with Crippen LogP contribution >= 0.6 is 11.8 Å². The van der Waals surface area contributed by atoms with Crippen LogP contribution in [0.25, 0.3) is 5.78 Å². The van der Waals surface area contributed by atoms with Crippen LogP contribution in [0.4, 0.5) is 0 Å². The van der Waals surface area contributed by atoms with E-state index in [2.05, 4.69) is 9.97 Å². The van der Waals surface area contributed by atoms with E-state index in [1.54, 1.807) is 39.5 Å². The number of benzene rings is 1. The lowest BCUT2D eigenvalue weighted by Crippen LogP contribution is -2.43. The van der Waals surface area contributed by atoms with Gasteiger partial charge in [-0.2, -0.15) is 0 Å². The maximum Gasteiger partial charge on any atom is 0.272 e. The Morgan fingerprint density at radius 2 is 2.04 bits per heavy atom. The highest BCUT2D eigenvalue weighted by molar-refractivity contribution is 7.98. The number of likely N-dealkylation sites (tertiary alicyclic amines) is 1. The quantitative estimate of drug-likeness (QED) is 0.500. The fraction of sp³-hybridized carbons (Fsp3) is 0.333. The Balaban J connectivity index is 1.59. The van der Waals surface area contributed by atoms with Gasteiger partial charge < -0.3 is 4.90 Å². The summed E-state index contributed by atoms with van der Waals surface area (Å²) in [5.74, 6) is 0.373. The van der Waals surface area contributed by atoms with E-state index in [-0.39, 0.29) is 17.6 Å². The van der Waals surface area contributed by atoms with E-state index in [9.17, 15) is 9.59 Å². The molecule has 1 aliphatic rings. The van der Waals surface area contributed by atoms with Crippen molar-refractivity contribution in [2.75, 3.05) is 19.3 Å². The SMILES string of the molecule is CSc1ccccc1C(=O)C1CCCN(C(=O)c2c(C)nc3ncccn23)C1. The summed E-state index contributed by atoms with van der Waals surface area (Å²) in [5, 5.41) is 0. The number of carbonyl (C=O) groups excluding carboxylic acids is 2. The zero-order valence-corrected chi connectivity index (χ0v) is 16.8. The first-order chi connectivity index (χ1) is 13.6. The normalized spacial score (nSPS) is 17.1. The largest absolute Gasteiger partial charge is 0.337 e. The van der Waals surface area contributed by atoms with Crippen molar-refractivity contribution in [2.24, 2.45) is 5.92 Å². The molecule has 0 aliphatic carbocycles. The molecule has 0 saturated carbocycles. The minimum Gasteiger partial charge on any atom is -0.337 e. The van der Waals surface area contributed by atoms with Gasteiger partial charge in [-0.1, -0.05) is 18.2 Å². The van der Waals surface area contributed by atoms with Gasteiger partial charge in [-0.05, 0) is 38.2 Å². The van der Waals surface area contributed by atoms with Crippen LogP contribution in [0.1, 0.15) is 39.4 Å². The van der Waals surface area contributed by atoms with Crippen LogP contribution in [0.3, 0.4) is 0 Å². The third kappa shape index (κ3) is 3.30. The van der Waals surface area contributed by atoms with Crippen molar-refractivity contribution in [3.63, 3.8) is 0 Å². The van der Waals surface area contributed by atoms with Gasteiger partial charge in [0.15, 0.2) is 5.78 Å². The molecule has 1 atom stereocenters. The number of thioether (sulfide) groups is 1. The molecule has 3 aromatic rings. The summed E-state index contributed by atoms with van der Waals surface area (Å²) >= 11 is 1.58. The van der Waals surface area contributed by atoms with Crippen molar-refractivity contribution < 1.29 is 9.59 Å². The van der Waals surface area contributed by atoms with Crippen LogP contribution in [0.5, 0.6) is 0 Å². The second kappa shape index (κ2) is 7.75. The van der Waals surface area contributed by atoms with Gasteiger partial charge in [0.05, 0.1) is 5.69 Å². The number of imidazole rings is 1. The molecular weight excluding hydrogens is 372 g/mol. The smallest absolute Gasteiger partial charge is 0.272 e. The minimum atomic E-state index is -0.177. The van der Waals surface area contributed by atoms with Crippen molar-refractivity contribution in [1.82, 2.24) is 19.3 Å². The van der Waals surface area contributed by atoms with Crippen molar-refractivity contribution in [2.45, 2.75) is 24.7 Å². The fourth-order valence-corrected chi connectivity index (χ4v) is 4.45. The molecule has 0 bridgehead atoms. The third-order valence-electron chi connectivity index (χ3n) is 5.23. The van der Waals surface area contributed by atoms with Gasteiger partial charge in [0.2, 0.25) is 5.78 Å². The molecule has 1 fully saturated rings. The number of hydrogen-bond acceptors (Lipinski definition) is 5. The Labute approximate surface area is 168 Å². The average Bonchev–Trinajstić information content (AvgIpc) is 3.08. The van der Waals surface area contributed by atoms with Gasteiger partial charge in [-0.15, -0.1) is 11.8 Å². The van der Waals surface area contributed by atoms with Gasteiger partial charge in [0.1, 0.15) is 5.69 Å². The first-order valence-electron chi connectivity index (χ1n) is 9.36. The van der Waals surface area contributed by atoms with Crippen molar-refractivity contribution in [3.05, 3.63) is 59.7 Å². The number of amides is 1. The molecule has 2 aromatic heterocycles. The summed E-state index contributed by atoms with van der Waals surface area (Å²) in [6.45, 7) is 2.91. The average molecular weight is 395 g/mol. The molecule has 28 heavy (non-hydrogen) atoms. The summed E-state index contributed by atoms with van der Waals surface area (Å²) < 4.78 is 1.73. The number of nitrogens with zero attached hydrogens (tertiary/aromatic N) is 4. The van der Waals surface area contributed by atoms with Crippen LogP contribution in [-0.4, -0.2) is 50.3 Å². The van der Waals surface area contributed by atoms with E-state index < -0.39 is 0 Å². The number of Topliss-reactive ketones (excluding diaryl/α,β-unsaturated/α-hetero) is 1. The molecule has 1 aliphatic heterocycles. The van der Waals surface area contributed by atoms with Crippen molar-refractivity contribution in [3.8, 4) is 0 Å². The predicted octanol–water partition coefficient (Wildman–Crippen LogP) is 3.49. The first-order valence-corrected chi connectivity index (χ1v) is 10.6. The lowest BCUT2D eigenvalue weighted by molar-refractivity contribution is 0.0629. The molecule has 0 radical (unpaired) electrons. The van der Waals surface area contributed by atoms with Gasteiger partial charge in [0.25, 0.3) is 5.91 Å². The number of aryl methyl sites for hydroxylation is 1. The second-order valence-electron chi connectivity index (χ2n) is 6.99. The topological polar surface area (TPSA) is 67.6 Å². The van der Waals surface area contributed by atoms with Crippen LogP contribution in [0, 0.1) is 12.8 Å². The maximum atomic E-state index is 13.2. The number of hydrogen-bond donors (Lipinski definition) is 0. The number of rotatable bonds is 4. The number of aromatic nitrogens is 3. The molecule has 7 heteroatoms. The summed E-state index contributed by atoms with van der Waals surface area (Å²) in [5.41, 5.74) is 1.94. The van der Waals surface area contributed by atoms with E-state index in [1.807, 2.05) is 37.4 Å². The Kier molecular flexibility index (Phi) is 5.17. The van der Waals surface area contributed by atoms with Crippen LogP contribution in [-0.2, 0) is 0 Å². The molecule has 4 rings (SSSR count). The number of fused-ring (bicyclic) bond motifs is 1. The minimum absolute atomic E-state index is 0.0892. The Morgan fingerprint density at radius 1 is 1.21 bits per heavy atom. The first kappa shape index (κ1) is 18.7. The summed E-state index contributed by atoms with van der Waals surface area (Å²) in [4.78, 5) is 37.8. The molecule has 6 nitrogen and oxygen atoms in total. The zero-order valence-electron chi connectivity index (χ0n) is 16.0. The van der Waals surface area contributed by atoms with Crippen LogP contribution < -0.4 is 0 Å². The van der Waals surface area contributed by atoms with Gasteiger partial charge in [0, 0.05) is 41.9 Å². The number of piperidine rings is 1. The van der Waals surface area contributed by atoms with Crippen molar-refractivity contribution >= 4 is 29.2 Å². The fourth-order valence-electron chi connectivity index (χ4n) is 3.85.